The minimum atomic E-state index is -0.436. The molecule has 2 atom stereocenters. The molecule has 0 bridgehead atoms. The Morgan fingerprint density at radius 3 is 2.48 bits per heavy atom. The van der Waals surface area contributed by atoms with E-state index >= 15 is 0 Å². The third kappa shape index (κ3) is 1.81. The number of hydrogen-bond acceptors (Lipinski definition) is 3. The van der Waals surface area contributed by atoms with Crippen LogP contribution in [0.2, 0.25) is 0 Å². The summed E-state index contributed by atoms with van der Waals surface area (Å²) >= 11 is 0. The van der Waals surface area contributed by atoms with E-state index < -0.39 is 6.10 Å². The lowest BCUT2D eigenvalue weighted by atomic mass is 9.78. The van der Waals surface area contributed by atoms with Gasteiger partial charge in [0.25, 0.3) is 0 Å². The third-order valence-electron chi connectivity index (χ3n) is 4.43. The average Bonchev–Trinajstić information content (AvgIpc) is 2.86. The van der Waals surface area contributed by atoms with Crippen LogP contribution in [0.5, 0.6) is 0 Å². The van der Waals surface area contributed by atoms with Gasteiger partial charge in [-0.25, -0.2) is 4.79 Å². The topological polar surface area (TPSA) is 43.4 Å². The summed E-state index contributed by atoms with van der Waals surface area (Å²) in [6.45, 7) is 0. The first-order valence-electron chi connectivity index (χ1n) is 7.18. The molecule has 2 aliphatic rings. The molecule has 2 aromatic carbocycles. The van der Waals surface area contributed by atoms with E-state index in [1.54, 1.807) is 6.07 Å². The second kappa shape index (κ2) is 4.55. The maximum absolute atomic E-state index is 12.7. The second-order valence-corrected chi connectivity index (χ2v) is 5.58. The molecule has 1 heterocycles. The molecule has 0 amide bonds. The van der Waals surface area contributed by atoms with Gasteiger partial charge in [-0.3, -0.25) is 4.79 Å². The molecule has 0 fully saturated rings. The standard InChI is InChI=1S/C18H14O3/c19-16-12-6-2-1-5-11(12)9-10-15(16)17-13-7-3-4-8-14(13)18(20)21-17/h1-8,15,17H,9-10H2/t15-,17-/m1/s1. The van der Waals surface area contributed by atoms with E-state index in [1.165, 1.54) is 0 Å². The fourth-order valence-corrected chi connectivity index (χ4v) is 3.38. The number of aryl methyl sites for hydroxylation is 1. The first-order chi connectivity index (χ1) is 10.3. The Balaban J connectivity index is 1.74. The van der Waals surface area contributed by atoms with Crippen LogP contribution in [0.3, 0.4) is 0 Å². The van der Waals surface area contributed by atoms with Crippen LogP contribution < -0.4 is 0 Å². The van der Waals surface area contributed by atoms with Gasteiger partial charge in [0, 0.05) is 11.1 Å². The smallest absolute Gasteiger partial charge is 0.339 e. The lowest BCUT2D eigenvalue weighted by molar-refractivity contribution is 0.0222. The van der Waals surface area contributed by atoms with Crippen LogP contribution in [0.15, 0.2) is 48.5 Å². The highest BCUT2D eigenvalue weighted by Gasteiger charge is 2.41. The van der Waals surface area contributed by atoms with Crippen LogP contribution in [-0.2, 0) is 11.2 Å². The zero-order chi connectivity index (χ0) is 14.4. The molecule has 1 aliphatic carbocycles. The van der Waals surface area contributed by atoms with Crippen molar-refractivity contribution in [1.82, 2.24) is 0 Å². The van der Waals surface area contributed by atoms with Crippen molar-refractivity contribution in [2.45, 2.75) is 18.9 Å². The Labute approximate surface area is 122 Å². The van der Waals surface area contributed by atoms with Gasteiger partial charge >= 0.3 is 5.97 Å². The van der Waals surface area contributed by atoms with E-state index in [0.717, 1.165) is 29.5 Å². The number of ether oxygens (including phenoxy) is 1. The number of fused-ring (bicyclic) bond motifs is 2. The summed E-state index contributed by atoms with van der Waals surface area (Å²) in [4.78, 5) is 24.7. The van der Waals surface area contributed by atoms with Crippen molar-refractivity contribution in [3.63, 3.8) is 0 Å². The minimum Gasteiger partial charge on any atom is -0.453 e. The number of rotatable bonds is 1. The van der Waals surface area contributed by atoms with E-state index in [0.29, 0.717) is 5.56 Å². The summed E-state index contributed by atoms with van der Waals surface area (Å²) in [5.74, 6) is -0.499. The molecule has 2 aromatic rings. The van der Waals surface area contributed by atoms with Crippen molar-refractivity contribution in [2.75, 3.05) is 0 Å². The fourth-order valence-electron chi connectivity index (χ4n) is 3.38. The lowest BCUT2D eigenvalue weighted by Crippen LogP contribution is -2.28. The predicted octanol–water partition coefficient (Wildman–Crippen LogP) is 3.34. The van der Waals surface area contributed by atoms with Crippen molar-refractivity contribution in [1.29, 1.82) is 0 Å². The van der Waals surface area contributed by atoms with Crippen LogP contribution in [0.25, 0.3) is 0 Å². The largest absolute Gasteiger partial charge is 0.453 e. The first kappa shape index (κ1) is 12.3. The van der Waals surface area contributed by atoms with Gasteiger partial charge in [-0.1, -0.05) is 42.5 Å². The second-order valence-electron chi connectivity index (χ2n) is 5.58. The Kier molecular flexibility index (Phi) is 2.67. The van der Waals surface area contributed by atoms with Crippen LogP contribution in [0.4, 0.5) is 0 Å². The van der Waals surface area contributed by atoms with E-state index in [-0.39, 0.29) is 17.7 Å². The Morgan fingerprint density at radius 1 is 0.905 bits per heavy atom. The van der Waals surface area contributed by atoms with Crippen LogP contribution in [0, 0.1) is 5.92 Å². The molecule has 0 saturated carbocycles. The quantitative estimate of drug-likeness (QED) is 0.751. The van der Waals surface area contributed by atoms with Crippen LogP contribution in [-0.4, -0.2) is 11.8 Å². The van der Waals surface area contributed by atoms with Crippen molar-refractivity contribution in [3.8, 4) is 0 Å². The SMILES string of the molecule is O=C1O[C@@H]([C@@H]2CCc3ccccc3C2=O)c2ccccc21. The average molecular weight is 278 g/mol. The molecule has 0 aromatic heterocycles. The van der Waals surface area contributed by atoms with Crippen molar-refractivity contribution in [3.05, 3.63) is 70.8 Å². The maximum Gasteiger partial charge on any atom is 0.339 e. The molecule has 0 radical (unpaired) electrons. The molecule has 0 spiro atoms. The molecule has 0 unspecified atom stereocenters. The van der Waals surface area contributed by atoms with Gasteiger partial charge in [-0.05, 0) is 24.5 Å². The summed E-state index contributed by atoms with van der Waals surface area (Å²) < 4.78 is 5.50. The molecular weight excluding hydrogens is 264 g/mol. The molecule has 1 aliphatic heterocycles. The molecule has 0 saturated heterocycles. The molecule has 4 rings (SSSR count). The van der Waals surface area contributed by atoms with Gasteiger partial charge in [0.05, 0.1) is 11.5 Å². The zero-order valence-corrected chi connectivity index (χ0v) is 11.4. The van der Waals surface area contributed by atoms with Crippen molar-refractivity contribution >= 4 is 11.8 Å². The highest BCUT2D eigenvalue weighted by molar-refractivity contribution is 6.02. The number of benzene rings is 2. The predicted molar refractivity (Wildman–Crippen MR) is 77.2 cm³/mol. The van der Waals surface area contributed by atoms with Crippen molar-refractivity contribution in [2.24, 2.45) is 5.92 Å². The number of carbonyl (C=O) groups is 2. The summed E-state index contributed by atoms with van der Waals surface area (Å²) in [6.07, 6.45) is 1.14. The molecule has 104 valence electrons. The van der Waals surface area contributed by atoms with E-state index in [1.807, 2.05) is 42.5 Å². The third-order valence-corrected chi connectivity index (χ3v) is 4.43. The fraction of sp³-hybridized carbons (Fsp3) is 0.222. The summed E-state index contributed by atoms with van der Waals surface area (Å²) in [5.41, 5.74) is 3.31. The highest BCUT2D eigenvalue weighted by Crippen LogP contribution is 2.41. The molecule has 3 heteroatoms. The molecule has 3 nitrogen and oxygen atoms in total. The highest BCUT2D eigenvalue weighted by atomic mass is 16.5. The molecule has 21 heavy (non-hydrogen) atoms. The molecule has 0 N–H and O–H groups in total. The van der Waals surface area contributed by atoms with E-state index in [4.69, 9.17) is 4.74 Å². The van der Waals surface area contributed by atoms with Crippen LogP contribution in [0.1, 0.15) is 44.4 Å². The number of carbonyl (C=O) groups excluding carboxylic acids is 2. The monoisotopic (exact) mass is 278 g/mol. The van der Waals surface area contributed by atoms with Gasteiger partial charge in [0.2, 0.25) is 0 Å². The zero-order valence-electron chi connectivity index (χ0n) is 11.4. The van der Waals surface area contributed by atoms with Gasteiger partial charge in [0.1, 0.15) is 6.10 Å². The number of Topliss-reactive ketones (excluding diaryl/α,β-unsaturated/α-hetero) is 1. The van der Waals surface area contributed by atoms with E-state index in [9.17, 15) is 9.59 Å². The van der Waals surface area contributed by atoms with Crippen LogP contribution >= 0.6 is 0 Å². The minimum absolute atomic E-state index is 0.0892. The first-order valence-corrected chi connectivity index (χ1v) is 7.18. The summed E-state index contributed by atoms with van der Waals surface area (Å²) in [5, 5.41) is 0. The summed E-state index contributed by atoms with van der Waals surface area (Å²) in [6, 6.07) is 15.1. The van der Waals surface area contributed by atoms with Gasteiger partial charge in [0.15, 0.2) is 5.78 Å². The normalized spacial score (nSPS) is 23.4. The van der Waals surface area contributed by atoms with Crippen molar-refractivity contribution < 1.29 is 14.3 Å². The number of cyclic esters (lactones) is 1. The lowest BCUT2D eigenvalue weighted by Gasteiger charge is -2.27. The van der Waals surface area contributed by atoms with Gasteiger partial charge in [-0.15, -0.1) is 0 Å². The Bertz CT molecular complexity index is 748. The van der Waals surface area contributed by atoms with Gasteiger partial charge < -0.3 is 4.74 Å². The van der Waals surface area contributed by atoms with E-state index in [2.05, 4.69) is 0 Å². The number of ketones is 1. The summed E-state index contributed by atoms with van der Waals surface area (Å²) in [7, 11) is 0. The Hall–Kier alpha value is -2.42. The number of esters is 1. The maximum atomic E-state index is 12.7. The van der Waals surface area contributed by atoms with Gasteiger partial charge in [-0.2, -0.15) is 0 Å². The molecular formula is C18H14O3. The Morgan fingerprint density at radius 2 is 1.62 bits per heavy atom. The number of hydrogen-bond donors (Lipinski definition) is 0.